The maximum absolute atomic E-state index is 12.7. The lowest BCUT2D eigenvalue weighted by atomic mass is 10.0. The van der Waals surface area contributed by atoms with Crippen LogP contribution in [0.5, 0.6) is 0 Å². The van der Waals surface area contributed by atoms with Crippen molar-refractivity contribution < 1.29 is 32.5 Å². The summed E-state index contributed by atoms with van der Waals surface area (Å²) in [6, 6.07) is 5.01. The molecule has 0 amide bonds. The van der Waals surface area contributed by atoms with Crippen molar-refractivity contribution in [2.24, 2.45) is 0 Å². The smallest absolute Gasteiger partial charge is 0.416 e. The van der Waals surface area contributed by atoms with Crippen molar-refractivity contribution in [2.45, 2.75) is 44.3 Å². The molecule has 0 bridgehead atoms. The van der Waals surface area contributed by atoms with Crippen LogP contribution in [0.15, 0.2) is 24.3 Å². The lowest BCUT2D eigenvalue weighted by Crippen LogP contribution is -2.29. The van der Waals surface area contributed by atoms with E-state index in [1.807, 2.05) is 0 Å². The van der Waals surface area contributed by atoms with Gasteiger partial charge in [-0.3, -0.25) is 4.79 Å². The molecule has 1 N–H and O–H groups in total. The first kappa shape index (κ1) is 16.8. The third-order valence-electron chi connectivity index (χ3n) is 3.45. The van der Waals surface area contributed by atoms with E-state index in [1.54, 1.807) is 13.0 Å². The lowest BCUT2D eigenvalue weighted by Gasteiger charge is -2.24. The first-order valence-corrected chi connectivity index (χ1v) is 6.88. The minimum atomic E-state index is -4.39. The van der Waals surface area contributed by atoms with Crippen LogP contribution in [-0.4, -0.2) is 29.6 Å². The van der Waals surface area contributed by atoms with Crippen molar-refractivity contribution in [1.29, 1.82) is 0 Å². The van der Waals surface area contributed by atoms with E-state index in [9.17, 15) is 18.0 Å². The number of carboxylic acid groups (broad SMARTS) is 1. The van der Waals surface area contributed by atoms with Gasteiger partial charge in [0, 0.05) is 12.8 Å². The van der Waals surface area contributed by atoms with Crippen LogP contribution in [0.25, 0.3) is 0 Å². The molecule has 0 radical (unpaired) electrons. The second-order valence-electron chi connectivity index (χ2n) is 5.49. The number of benzene rings is 1. The Bertz CT molecular complexity index is 544. The number of hydrogen-bond acceptors (Lipinski definition) is 3. The minimum absolute atomic E-state index is 0.0341. The van der Waals surface area contributed by atoms with E-state index < -0.39 is 23.5 Å². The lowest BCUT2D eigenvalue weighted by molar-refractivity contribution is -0.155. The summed E-state index contributed by atoms with van der Waals surface area (Å²) in [4.78, 5) is 10.5. The molecule has 22 heavy (non-hydrogen) atoms. The molecule has 7 heteroatoms. The number of carboxylic acids is 1. The summed E-state index contributed by atoms with van der Waals surface area (Å²) in [5, 5.41) is 8.64. The summed E-state index contributed by atoms with van der Waals surface area (Å²) in [6.07, 6.45) is -4.30. The number of aliphatic carboxylic acids is 1. The predicted molar refractivity (Wildman–Crippen MR) is 71.2 cm³/mol. The molecule has 122 valence electrons. The first-order valence-electron chi connectivity index (χ1n) is 6.88. The first-order chi connectivity index (χ1) is 10.2. The zero-order chi connectivity index (χ0) is 16.4. The van der Waals surface area contributed by atoms with E-state index in [-0.39, 0.29) is 25.6 Å². The van der Waals surface area contributed by atoms with Gasteiger partial charge in [0.1, 0.15) is 0 Å². The molecule has 4 nitrogen and oxygen atoms in total. The summed E-state index contributed by atoms with van der Waals surface area (Å²) in [7, 11) is 0. The zero-order valence-electron chi connectivity index (χ0n) is 12.0. The highest BCUT2D eigenvalue weighted by Crippen LogP contribution is 2.33. The van der Waals surface area contributed by atoms with E-state index in [0.717, 1.165) is 12.1 Å². The summed E-state index contributed by atoms with van der Waals surface area (Å²) < 4.78 is 49.3. The minimum Gasteiger partial charge on any atom is -0.481 e. The monoisotopic (exact) mass is 318 g/mol. The summed E-state index contributed by atoms with van der Waals surface area (Å²) in [5.41, 5.74) is -0.259. The molecule has 1 aromatic rings. The Morgan fingerprint density at radius 2 is 2.18 bits per heavy atom. The molecule has 2 atom stereocenters. The van der Waals surface area contributed by atoms with Crippen molar-refractivity contribution in [3.05, 3.63) is 35.4 Å². The van der Waals surface area contributed by atoms with Gasteiger partial charge >= 0.3 is 12.1 Å². The van der Waals surface area contributed by atoms with Gasteiger partial charge < -0.3 is 14.6 Å². The Morgan fingerprint density at radius 1 is 1.45 bits per heavy atom. The number of ether oxygens (including phenoxy) is 2. The van der Waals surface area contributed by atoms with Gasteiger partial charge in [-0.25, -0.2) is 0 Å². The number of hydrogen-bond donors (Lipinski definition) is 1. The molecule has 1 aliphatic heterocycles. The van der Waals surface area contributed by atoms with E-state index >= 15 is 0 Å². The molecule has 1 aromatic carbocycles. The van der Waals surface area contributed by atoms with Crippen LogP contribution in [0.1, 0.15) is 30.9 Å². The molecule has 2 unspecified atom stereocenters. The van der Waals surface area contributed by atoms with Crippen LogP contribution < -0.4 is 0 Å². The predicted octanol–water partition coefficient (Wildman–Crippen LogP) is 3.24. The third kappa shape index (κ3) is 4.45. The third-order valence-corrected chi connectivity index (χ3v) is 3.45. The number of halogens is 3. The fourth-order valence-corrected chi connectivity index (χ4v) is 2.44. The van der Waals surface area contributed by atoms with Gasteiger partial charge in [0.05, 0.1) is 18.3 Å². The standard InChI is InChI=1S/C15H17F3O4/c1-14(21-9-12(22-14)5-6-13(19)20)8-10-3-2-4-11(7-10)15(16,17)18/h2-4,7,12H,5-6,8-9H2,1H3,(H,19,20). The molecule has 0 spiro atoms. The Morgan fingerprint density at radius 3 is 2.82 bits per heavy atom. The van der Waals surface area contributed by atoms with Crippen molar-refractivity contribution in [3.8, 4) is 0 Å². The largest absolute Gasteiger partial charge is 0.481 e. The highest BCUT2D eigenvalue weighted by molar-refractivity contribution is 5.66. The zero-order valence-corrected chi connectivity index (χ0v) is 12.0. The SMILES string of the molecule is CC1(Cc2cccc(C(F)(F)F)c2)OCC(CCC(=O)O)O1. The fourth-order valence-electron chi connectivity index (χ4n) is 2.44. The van der Waals surface area contributed by atoms with Gasteiger partial charge in [0.2, 0.25) is 0 Å². The summed E-state index contributed by atoms with van der Waals surface area (Å²) in [5.74, 6) is -1.96. The highest BCUT2D eigenvalue weighted by atomic mass is 19.4. The highest BCUT2D eigenvalue weighted by Gasteiger charge is 2.38. The molecular weight excluding hydrogens is 301 g/mol. The topological polar surface area (TPSA) is 55.8 Å². The van der Waals surface area contributed by atoms with Crippen LogP contribution in [0.3, 0.4) is 0 Å². The Balaban J connectivity index is 2.00. The summed E-state index contributed by atoms with van der Waals surface area (Å²) >= 11 is 0. The molecule has 0 aromatic heterocycles. The van der Waals surface area contributed by atoms with E-state index in [2.05, 4.69) is 0 Å². The summed E-state index contributed by atoms with van der Waals surface area (Å²) in [6.45, 7) is 1.89. The maximum Gasteiger partial charge on any atom is 0.416 e. The normalized spacial score (nSPS) is 25.4. The Labute approximate surface area is 125 Å². The molecule has 0 aliphatic carbocycles. The van der Waals surface area contributed by atoms with Crippen molar-refractivity contribution in [2.75, 3.05) is 6.61 Å². The molecule has 1 fully saturated rings. The van der Waals surface area contributed by atoms with E-state index in [0.29, 0.717) is 12.0 Å². The molecule has 2 rings (SSSR count). The quantitative estimate of drug-likeness (QED) is 0.905. The van der Waals surface area contributed by atoms with Crippen LogP contribution >= 0.6 is 0 Å². The van der Waals surface area contributed by atoms with Crippen LogP contribution in [0.2, 0.25) is 0 Å². The molecular formula is C15H17F3O4. The number of rotatable bonds is 5. The van der Waals surface area contributed by atoms with Gasteiger partial charge in [0.25, 0.3) is 0 Å². The van der Waals surface area contributed by atoms with E-state index in [4.69, 9.17) is 14.6 Å². The Hall–Kier alpha value is -1.60. The van der Waals surface area contributed by atoms with Gasteiger partial charge in [0.15, 0.2) is 5.79 Å². The number of alkyl halides is 3. The van der Waals surface area contributed by atoms with Crippen molar-refractivity contribution in [1.82, 2.24) is 0 Å². The fraction of sp³-hybridized carbons (Fsp3) is 0.533. The molecule has 0 saturated carbocycles. The van der Waals surface area contributed by atoms with E-state index in [1.165, 1.54) is 6.07 Å². The molecule has 1 heterocycles. The van der Waals surface area contributed by atoms with Crippen LogP contribution in [0.4, 0.5) is 13.2 Å². The maximum atomic E-state index is 12.7. The van der Waals surface area contributed by atoms with Gasteiger partial charge in [-0.2, -0.15) is 13.2 Å². The second kappa shape index (κ2) is 6.26. The average molecular weight is 318 g/mol. The molecule has 1 saturated heterocycles. The molecule has 1 aliphatic rings. The van der Waals surface area contributed by atoms with Gasteiger partial charge in [-0.15, -0.1) is 0 Å². The van der Waals surface area contributed by atoms with Crippen molar-refractivity contribution >= 4 is 5.97 Å². The number of carbonyl (C=O) groups is 1. The van der Waals surface area contributed by atoms with Gasteiger partial charge in [-0.05, 0) is 25.0 Å². The van der Waals surface area contributed by atoms with Crippen LogP contribution in [0, 0.1) is 0 Å². The average Bonchev–Trinajstić information content (AvgIpc) is 2.77. The van der Waals surface area contributed by atoms with Crippen molar-refractivity contribution in [3.63, 3.8) is 0 Å². The van der Waals surface area contributed by atoms with Crippen LogP contribution in [-0.2, 0) is 26.9 Å². The van der Waals surface area contributed by atoms with Gasteiger partial charge in [-0.1, -0.05) is 18.2 Å². The second-order valence-corrected chi connectivity index (χ2v) is 5.49. The Kier molecular flexibility index (Phi) is 4.77.